The third-order valence-electron chi connectivity index (χ3n) is 7.65. The number of halogens is 6. The molecule has 1 saturated heterocycles. The number of rotatable bonds is 7. The quantitative estimate of drug-likeness (QED) is 0.314. The Bertz CT molecular complexity index is 1240. The van der Waals surface area contributed by atoms with Crippen LogP contribution < -0.4 is 15.0 Å². The first kappa shape index (κ1) is 28.0. The Kier molecular flexibility index (Phi) is 8.09. The smallest absolute Gasteiger partial charge is 0.406 e. The Morgan fingerprint density at radius 2 is 1.55 bits per heavy atom. The molecular weight excluding hydrogens is 538 g/mol. The summed E-state index contributed by atoms with van der Waals surface area (Å²) in [7, 11) is 0. The fraction of sp³-hybridized carbons (Fsp3) is 0.519. The monoisotopic (exact) mass is 568 g/mol. The molecule has 216 valence electrons. The molecule has 0 radical (unpaired) electrons. The van der Waals surface area contributed by atoms with Crippen molar-refractivity contribution in [2.45, 2.75) is 63.5 Å². The Balaban J connectivity index is 1.19. The summed E-state index contributed by atoms with van der Waals surface area (Å²) in [6.07, 6.45) is -1.84. The molecule has 1 N–H and O–H groups in total. The molecule has 5 rings (SSSR count). The lowest BCUT2D eigenvalue weighted by atomic mass is 9.77. The van der Waals surface area contributed by atoms with E-state index < -0.39 is 18.1 Å². The average molecular weight is 569 g/mol. The average Bonchev–Trinajstić information content (AvgIpc) is 3.38. The first-order valence-electron chi connectivity index (χ1n) is 13.4. The predicted molar refractivity (Wildman–Crippen MR) is 136 cm³/mol. The number of benzene rings is 2. The van der Waals surface area contributed by atoms with E-state index in [-0.39, 0.29) is 11.8 Å². The molecule has 2 heterocycles. The number of hydrogen-bond acceptors (Lipinski definition) is 6. The largest absolute Gasteiger partial charge is 0.573 e. The van der Waals surface area contributed by atoms with Crippen molar-refractivity contribution in [2.24, 2.45) is 11.8 Å². The van der Waals surface area contributed by atoms with Crippen molar-refractivity contribution in [3.8, 4) is 11.4 Å². The van der Waals surface area contributed by atoms with Gasteiger partial charge in [0, 0.05) is 24.8 Å². The Hall–Kier alpha value is -3.51. The van der Waals surface area contributed by atoms with Gasteiger partial charge in [-0.05, 0) is 97.7 Å². The molecule has 2 aromatic carbocycles. The van der Waals surface area contributed by atoms with E-state index in [1.165, 1.54) is 29.1 Å². The molecule has 1 aromatic heterocycles. The van der Waals surface area contributed by atoms with E-state index >= 15 is 0 Å². The van der Waals surface area contributed by atoms with Gasteiger partial charge >= 0.3 is 12.5 Å². The van der Waals surface area contributed by atoms with Gasteiger partial charge in [0.2, 0.25) is 0 Å². The first-order valence-corrected chi connectivity index (χ1v) is 13.4. The van der Waals surface area contributed by atoms with Crippen LogP contribution in [0.15, 0.2) is 48.5 Å². The summed E-state index contributed by atoms with van der Waals surface area (Å²) in [5, 5.41) is 15.9. The number of alkyl halides is 6. The highest BCUT2D eigenvalue weighted by Gasteiger charge is 2.33. The Labute approximate surface area is 227 Å². The third-order valence-corrected chi connectivity index (χ3v) is 7.65. The van der Waals surface area contributed by atoms with E-state index in [1.54, 1.807) is 12.1 Å². The topological polar surface area (TPSA) is 68.1 Å². The maximum Gasteiger partial charge on any atom is 0.573 e. The molecular formula is C27H30F6N6O. The second kappa shape index (κ2) is 11.5. The van der Waals surface area contributed by atoms with Crippen molar-refractivity contribution in [1.82, 2.24) is 20.2 Å². The standard InChI is InChI=1S/C27H30F6N6O/c28-26(29,30)20-7-9-21(10-8-20)38-15-3-4-18(17-38)16-19-5-1-2-6-24(19)34-25-35-37-39(36-25)22-11-13-23(14-12-22)40-27(31,32)33/h7-14,18-19,24H,1-6,15-17H2,(H,34,36)/t18-,19+,24-/m1/s1. The zero-order valence-electron chi connectivity index (χ0n) is 21.6. The number of tetrazole rings is 1. The van der Waals surface area contributed by atoms with Crippen molar-refractivity contribution in [3.05, 3.63) is 54.1 Å². The zero-order chi connectivity index (χ0) is 28.3. The lowest BCUT2D eigenvalue weighted by molar-refractivity contribution is -0.274. The SMILES string of the molecule is FC(F)(F)Oc1ccc(-n2nnc(N[C@@H]3CCCC[C@H]3C[C@H]3CCCN(c4ccc(C(F)(F)F)cc4)C3)n2)cc1. The highest BCUT2D eigenvalue weighted by Crippen LogP contribution is 2.36. The summed E-state index contributed by atoms with van der Waals surface area (Å²) in [5.74, 6) is 0.823. The third kappa shape index (κ3) is 7.16. The molecule has 0 bridgehead atoms. The summed E-state index contributed by atoms with van der Waals surface area (Å²) in [5.41, 5.74) is 0.620. The van der Waals surface area contributed by atoms with Gasteiger partial charge in [0.1, 0.15) is 5.75 Å². The van der Waals surface area contributed by atoms with Crippen LogP contribution in [0, 0.1) is 11.8 Å². The summed E-state index contributed by atoms with van der Waals surface area (Å²) in [6, 6.07) is 10.8. The summed E-state index contributed by atoms with van der Waals surface area (Å²) < 4.78 is 80.0. The molecule has 3 atom stereocenters. The zero-order valence-corrected chi connectivity index (χ0v) is 21.6. The van der Waals surface area contributed by atoms with Crippen LogP contribution in [0.1, 0.15) is 50.5 Å². The summed E-state index contributed by atoms with van der Waals surface area (Å²) in [4.78, 5) is 3.43. The lowest BCUT2D eigenvalue weighted by Crippen LogP contribution is -2.39. The number of piperidine rings is 1. The van der Waals surface area contributed by atoms with Gasteiger partial charge in [-0.2, -0.15) is 13.2 Å². The summed E-state index contributed by atoms with van der Waals surface area (Å²) >= 11 is 0. The highest BCUT2D eigenvalue weighted by molar-refractivity contribution is 5.48. The predicted octanol–water partition coefficient (Wildman–Crippen LogP) is 6.86. The van der Waals surface area contributed by atoms with Gasteiger partial charge in [-0.25, -0.2) is 0 Å². The Morgan fingerprint density at radius 1 is 0.850 bits per heavy atom. The molecule has 3 aromatic rings. The molecule has 7 nitrogen and oxygen atoms in total. The lowest BCUT2D eigenvalue weighted by Gasteiger charge is -2.39. The minimum absolute atomic E-state index is 0.149. The van der Waals surface area contributed by atoms with Crippen molar-refractivity contribution >= 4 is 11.6 Å². The molecule has 0 amide bonds. The van der Waals surface area contributed by atoms with Crippen LogP contribution in [0.5, 0.6) is 5.75 Å². The summed E-state index contributed by atoms with van der Waals surface area (Å²) in [6.45, 7) is 1.63. The van der Waals surface area contributed by atoms with Crippen LogP contribution in [0.2, 0.25) is 0 Å². The van der Waals surface area contributed by atoms with E-state index in [9.17, 15) is 26.3 Å². The van der Waals surface area contributed by atoms with Gasteiger partial charge in [-0.1, -0.05) is 17.9 Å². The van der Waals surface area contributed by atoms with E-state index in [0.717, 1.165) is 75.9 Å². The maximum absolute atomic E-state index is 13.0. The van der Waals surface area contributed by atoms with Gasteiger partial charge in [-0.3, -0.25) is 0 Å². The molecule has 40 heavy (non-hydrogen) atoms. The van der Waals surface area contributed by atoms with Crippen LogP contribution in [-0.4, -0.2) is 45.7 Å². The molecule has 0 unspecified atom stereocenters. The van der Waals surface area contributed by atoms with Crippen LogP contribution in [0.3, 0.4) is 0 Å². The Morgan fingerprint density at radius 3 is 2.25 bits per heavy atom. The number of hydrogen-bond donors (Lipinski definition) is 1. The molecule has 2 fully saturated rings. The van der Waals surface area contributed by atoms with Gasteiger partial charge in [0.25, 0.3) is 5.95 Å². The number of anilines is 2. The van der Waals surface area contributed by atoms with Crippen LogP contribution in [0.4, 0.5) is 38.0 Å². The number of nitrogens with zero attached hydrogens (tertiary/aromatic N) is 5. The minimum atomic E-state index is -4.77. The highest BCUT2D eigenvalue weighted by atomic mass is 19.4. The van der Waals surface area contributed by atoms with Crippen LogP contribution >= 0.6 is 0 Å². The first-order chi connectivity index (χ1) is 19.0. The van der Waals surface area contributed by atoms with Crippen LogP contribution in [-0.2, 0) is 6.18 Å². The van der Waals surface area contributed by atoms with E-state index in [2.05, 4.69) is 30.4 Å². The number of ether oxygens (including phenoxy) is 1. The van der Waals surface area contributed by atoms with Crippen molar-refractivity contribution in [3.63, 3.8) is 0 Å². The fourth-order valence-electron chi connectivity index (χ4n) is 5.79. The molecule has 1 aliphatic heterocycles. The maximum atomic E-state index is 13.0. The van der Waals surface area contributed by atoms with Gasteiger partial charge in [0.15, 0.2) is 0 Å². The molecule has 1 saturated carbocycles. The van der Waals surface area contributed by atoms with E-state index in [4.69, 9.17) is 0 Å². The van der Waals surface area contributed by atoms with E-state index in [1.807, 2.05) is 0 Å². The molecule has 13 heteroatoms. The van der Waals surface area contributed by atoms with Gasteiger partial charge in [0.05, 0.1) is 11.3 Å². The second-order valence-electron chi connectivity index (χ2n) is 10.5. The fourth-order valence-corrected chi connectivity index (χ4v) is 5.79. The van der Waals surface area contributed by atoms with E-state index in [0.29, 0.717) is 23.5 Å². The van der Waals surface area contributed by atoms with Crippen LogP contribution in [0.25, 0.3) is 5.69 Å². The number of nitrogens with one attached hydrogen (secondary N) is 1. The van der Waals surface area contributed by atoms with Crippen molar-refractivity contribution in [2.75, 3.05) is 23.3 Å². The number of aromatic nitrogens is 4. The molecule has 1 aliphatic carbocycles. The minimum Gasteiger partial charge on any atom is -0.406 e. The molecule has 0 spiro atoms. The normalized spacial score (nSPS) is 22.2. The second-order valence-corrected chi connectivity index (χ2v) is 10.5. The van der Waals surface area contributed by atoms with Crippen molar-refractivity contribution in [1.29, 1.82) is 0 Å². The van der Waals surface area contributed by atoms with Gasteiger partial charge in [-0.15, -0.1) is 23.1 Å². The molecule has 2 aliphatic rings. The van der Waals surface area contributed by atoms with Gasteiger partial charge < -0.3 is 15.0 Å². The van der Waals surface area contributed by atoms with Crippen molar-refractivity contribution < 1.29 is 31.1 Å².